The molecule has 7 heteroatoms. The standard InChI is InChI=1S/C27H34N2O5/c1-4-5-6-7-11-16-33-26(30)24-19(2)28-27(31)29-25(24)21-14-15-22(23(17-21)32-3)34-18-20-12-9-8-10-13-20/h8-10,12-15,17,24-25H,4-7,11,16,18H2,1-3H3,(H,29,31). The molecule has 7 nitrogen and oxygen atoms in total. The highest BCUT2D eigenvalue weighted by atomic mass is 16.5. The lowest BCUT2D eigenvalue weighted by Gasteiger charge is -2.30. The van der Waals surface area contributed by atoms with Gasteiger partial charge in [-0.3, -0.25) is 4.79 Å². The first kappa shape index (κ1) is 25.3. The van der Waals surface area contributed by atoms with E-state index >= 15 is 0 Å². The molecule has 0 aromatic heterocycles. The average Bonchev–Trinajstić information content (AvgIpc) is 2.84. The molecule has 0 radical (unpaired) electrons. The largest absolute Gasteiger partial charge is 0.493 e. The third kappa shape index (κ3) is 6.83. The predicted molar refractivity (Wildman–Crippen MR) is 131 cm³/mol. The molecule has 1 aliphatic heterocycles. The van der Waals surface area contributed by atoms with Gasteiger partial charge in [0.25, 0.3) is 0 Å². The number of benzene rings is 2. The Morgan fingerprint density at radius 3 is 2.53 bits per heavy atom. The number of aliphatic imine (C=N–C) groups is 1. The molecule has 0 saturated heterocycles. The van der Waals surface area contributed by atoms with Crippen LogP contribution in [0.25, 0.3) is 0 Å². The van der Waals surface area contributed by atoms with Gasteiger partial charge < -0.3 is 19.5 Å². The minimum Gasteiger partial charge on any atom is -0.493 e. The minimum atomic E-state index is -0.700. The molecule has 1 N–H and O–H groups in total. The lowest BCUT2D eigenvalue weighted by Crippen LogP contribution is -2.44. The third-order valence-electron chi connectivity index (χ3n) is 5.87. The monoisotopic (exact) mass is 466 g/mol. The Balaban J connectivity index is 1.72. The van der Waals surface area contributed by atoms with Crippen molar-refractivity contribution in [3.8, 4) is 11.5 Å². The van der Waals surface area contributed by atoms with Crippen LogP contribution in [0.2, 0.25) is 0 Å². The molecule has 0 saturated carbocycles. The van der Waals surface area contributed by atoms with Gasteiger partial charge in [-0.25, -0.2) is 9.79 Å². The van der Waals surface area contributed by atoms with Crippen LogP contribution in [-0.4, -0.2) is 31.4 Å². The number of ether oxygens (including phenoxy) is 3. The number of carbonyl (C=O) groups is 2. The Hall–Kier alpha value is -3.35. The molecule has 0 fully saturated rings. The van der Waals surface area contributed by atoms with Crippen molar-refractivity contribution in [3.05, 3.63) is 59.7 Å². The van der Waals surface area contributed by atoms with Gasteiger partial charge in [0.2, 0.25) is 0 Å². The number of unbranched alkanes of at least 4 members (excludes halogenated alkanes) is 4. The van der Waals surface area contributed by atoms with E-state index in [-0.39, 0.29) is 5.97 Å². The van der Waals surface area contributed by atoms with Crippen LogP contribution >= 0.6 is 0 Å². The van der Waals surface area contributed by atoms with Gasteiger partial charge in [0.05, 0.1) is 19.8 Å². The Morgan fingerprint density at radius 2 is 1.79 bits per heavy atom. The summed E-state index contributed by atoms with van der Waals surface area (Å²) < 4.78 is 17.0. The lowest BCUT2D eigenvalue weighted by molar-refractivity contribution is -0.147. The molecule has 2 atom stereocenters. The summed E-state index contributed by atoms with van der Waals surface area (Å²) in [6.45, 7) is 4.61. The Kier molecular flexibility index (Phi) is 9.50. The molecule has 3 rings (SSSR count). The summed E-state index contributed by atoms with van der Waals surface area (Å²) >= 11 is 0. The first-order valence-electron chi connectivity index (χ1n) is 11.9. The molecular formula is C27H34N2O5. The highest BCUT2D eigenvalue weighted by molar-refractivity contribution is 6.08. The summed E-state index contributed by atoms with van der Waals surface area (Å²) in [7, 11) is 1.56. The quantitative estimate of drug-likeness (QED) is 0.324. The molecular weight excluding hydrogens is 432 g/mol. The molecule has 34 heavy (non-hydrogen) atoms. The molecule has 2 unspecified atom stereocenters. The number of carbonyl (C=O) groups excluding carboxylic acids is 2. The average molecular weight is 467 g/mol. The number of urea groups is 1. The van der Waals surface area contributed by atoms with Crippen LogP contribution in [0.15, 0.2) is 53.5 Å². The van der Waals surface area contributed by atoms with Crippen molar-refractivity contribution < 1.29 is 23.8 Å². The van der Waals surface area contributed by atoms with Crippen LogP contribution in [0.1, 0.15) is 63.1 Å². The molecule has 2 aromatic carbocycles. The summed E-state index contributed by atoms with van der Waals surface area (Å²) in [4.78, 5) is 29.1. The number of nitrogens with one attached hydrogen (secondary N) is 1. The molecule has 0 bridgehead atoms. The normalized spacial score (nSPS) is 17.5. The van der Waals surface area contributed by atoms with Crippen LogP contribution in [0.5, 0.6) is 11.5 Å². The molecule has 0 spiro atoms. The zero-order valence-corrected chi connectivity index (χ0v) is 20.2. The maximum absolute atomic E-state index is 13.0. The van der Waals surface area contributed by atoms with Crippen molar-refractivity contribution >= 4 is 17.7 Å². The predicted octanol–water partition coefficient (Wildman–Crippen LogP) is 5.63. The maximum Gasteiger partial charge on any atom is 0.341 e. The summed E-state index contributed by atoms with van der Waals surface area (Å²) in [5.41, 5.74) is 2.20. The first-order chi connectivity index (χ1) is 16.5. The van der Waals surface area contributed by atoms with Crippen molar-refractivity contribution in [2.45, 2.75) is 58.6 Å². The highest BCUT2D eigenvalue weighted by Crippen LogP contribution is 2.35. The van der Waals surface area contributed by atoms with Gasteiger partial charge in [-0.15, -0.1) is 0 Å². The molecule has 0 aliphatic carbocycles. The van der Waals surface area contributed by atoms with Crippen molar-refractivity contribution in [1.29, 1.82) is 0 Å². The fourth-order valence-electron chi connectivity index (χ4n) is 4.00. The van der Waals surface area contributed by atoms with E-state index in [9.17, 15) is 9.59 Å². The number of rotatable bonds is 12. The second kappa shape index (κ2) is 12.8. The topological polar surface area (TPSA) is 86.2 Å². The van der Waals surface area contributed by atoms with Gasteiger partial charge in [0.15, 0.2) is 11.5 Å². The molecule has 2 amide bonds. The fourth-order valence-corrected chi connectivity index (χ4v) is 4.00. The fraction of sp³-hybridized carbons (Fsp3) is 0.444. The Morgan fingerprint density at radius 1 is 1.03 bits per heavy atom. The van der Waals surface area contributed by atoms with Gasteiger partial charge in [0, 0.05) is 5.71 Å². The molecule has 182 valence electrons. The second-order valence-electron chi connectivity index (χ2n) is 8.42. The number of nitrogens with zero attached hydrogens (tertiary/aromatic N) is 1. The summed E-state index contributed by atoms with van der Waals surface area (Å²) in [6, 6.07) is 14.2. The highest BCUT2D eigenvalue weighted by Gasteiger charge is 2.38. The van der Waals surface area contributed by atoms with Crippen LogP contribution in [0, 0.1) is 5.92 Å². The molecule has 1 heterocycles. The lowest BCUT2D eigenvalue weighted by atomic mass is 9.88. The van der Waals surface area contributed by atoms with Gasteiger partial charge >= 0.3 is 12.0 Å². The van der Waals surface area contributed by atoms with Gasteiger partial charge in [-0.05, 0) is 36.6 Å². The van der Waals surface area contributed by atoms with Crippen LogP contribution in [-0.2, 0) is 16.1 Å². The second-order valence-corrected chi connectivity index (χ2v) is 8.42. The van der Waals surface area contributed by atoms with Crippen LogP contribution < -0.4 is 14.8 Å². The summed E-state index contributed by atoms with van der Waals surface area (Å²) in [5.74, 6) is 0.0129. The Labute approximate surface area is 201 Å². The zero-order chi connectivity index (χ0) is 24.3. The van der Waals surface area contributed by atoms with Gasteiger partial charge in [0.1, 0.15) is 12.5 Å². The van der Waals surface area contributed by atoms with E-state index in [1.54, 1.807) is 26.2 Å². The molecule has 1 aliphatic rings. The number of esters is 1. The number of methoxy groups -OCH3 is 1. The first-order valence-corrected chi connectivity index (χ1v) is 11.9. The number of hydrogen-bond donors (Lipinski definition) is 1. The van der Waals surface area contributed by atoms with E-state index in [0.717, 1.165) is 30.4 Å². The number of amides is 2. The van der Waals surface area contributed by atoms with Crippen molar-refractivity contribution in [3.63, 3.8) is 0 Å². The van der Waals surface area contributed by atoms with Gasteiger partial charge in [-0.2, -0.15) is 0 Å². The maximum atomic E-state index is 13.0. The van der Waals surface area contributed by atoms with Crippen molar-refractivity contribution in [2.75, 3.05) is 13.7 Å². The number of hydrogen-bond acceptors (Lipinski definition) is 5. The SMILES string of the molecule is CCCCCCCOC(=O)C1C(C)=NC(=O)NC1c1ccc(OCc2ccccc2)c(OC)c1. The van der Waals surface area contributed by atoms with Gasteiger partial charge in [-0.1, -0.05) is 69.0 Å². The zero-order valence-electron chi connectivity index (χ0n) is 20.2. The van der Waals surface area contributed by atoms with E-state index in [1.807, 2.05) is 36.4 Å². The van der Waals surface area contributed by atoms with E-state index in [2.05, 4.69) is 17.2 Å². The minimum absolute atomic E-state index is 0.364. The van der Waals surface area contributed by atoms with Crippen LogP contribution in [0.4, 0.5) is 4.79 Å². The molecule has 2 aromatic rings. The smallest absolute Gasteiger partial charge is 0.341 e. The van der Waals surface area contributed by atoms with E-state index in [0.29, 0.717) is 30.4 Å². The van der Waals surface area contributed by atoms with E-state index < -0.39 is 18.0 Å². The van der Waals surface area contributed by atoms with Crippen molar-refractivity contribution in [2.24, 2.45) is 10.9 Å². The van der Waals surface area contributed by atoms with Crippen LogP contribution in [0.3, 0.4) is 0 Å². The summed E-state index contributed by atoms with van der Waals surface area (Å²) in [6.07, 6.45) is 5.34. The van der Waals surface area contributed by atoms with E-state index in [4.69, 9.17) is 14.2 Å². The van der Waals surface area contributed by atoms with E-state index in [1.165, 1.54) is 12.8 Å². The Bertz CT molecular complexity index is 990. The van der Waals surface area contributed by atoms with Crippen molar-refractivity contribution in [1.82, 2.24) is 5.32 Å². The summed E-state index contributed by atoms with van der Waals surface area (Å²) in [5, 5.41) is 2.82. The third-order valence-corrected chi connectivity index (χ3v) is 5.87.